The Hall–Kier alpha value is -3.23. The number of nitrogens with two attached hydrogens (primary N) is 1. The van der Waals surface area contributed by atoms with Gasteiger partial charge in [0.2, 0.25) is 0 Å². The van der Waals surface area contributed by atoms with Crippen LogP contribution in [-0.4, -0.2) is 36.1 Å². The fourth-order valence-corrected chi connectivity index (χ4v) is 2.76. The number of nitrogen functional groups attached to an aromatic ring is 1. The average molecular weight is 400 g/mol. The lowest BCUT2D eigenvalue weighted by Crippen LogP contribution is -2.10. The molecule has 0 aliphatic rings. The molecule has 146 valence electrons. The first-order chi connectivity index (χ1) is 13.0. The van der Waals surface area contributed by atoms with E-state index in [0.717, 1.165) is 27.5 Å². The summed E-state index contributed by atoms with van der Waals surface area (Å²) in [4.78, 5) is 11.3. The maximum Gasteiger partial charge on any atom is 0.335 e. The molecule has 0 atom stereocenters. The highest BCUT2D eigenvalue weighted by Gasteiger charge is 2.11. The smallest absolute Gasteiger partial charge is 0.335 e. The largest absolute Gasteiger partial charge is 0.478 e. The summed E-state index contributed by atoms with van der Waals surface area (Å²) in [5, 5.41) is 18.8. The third kappa shape index (κ3) is 5.38. The van der Waals surface area contributed by atoms with Gasteiger partial charge in [-0.3, -0.25) is 9.96 Å². The second kappa shape index (κ2) is 8.20. The minimum Gasteiger partial charge on any atom is -0.478 e. The Kier molecular flexibility index (Phi) is 6.17. The van der Waals surface area contributed by atoms with E-state index in [1.807, 2.05) is 49.4 Å². The van der Waals surface area contributed by atoms with Gasteiger partial charge in [0.05, 0.1) is 11.8 Å². The number of nitrogens with one attached hydrogen (secondary N) is 1. The molecular formula is C20H20N2O5S. The first-order valence-electron chi connectivity index (χ1n) is 8.11. The molecule has 3 rings (SSSR count). The molecule has 0 spiro atoms. The predicted molar refractivity (Wildman–Crippen MR) is 110 cm³/mol. The molecule has 0 aliphatic heterocycles. The molecule has 0 aliphatic carbocycles. The highest BCUT2D eigenvalue weighted by Crippen LogP contribution is 2.29. The third-order valence-electron chi connectivity index (χ3n) is 4.03. The molecule has 0 saturated heterocycles. The number of fused-ring (bicyclic) bond motifs is 1. The first kappa shape index (κ1) is 21.1. The summed E-state index contributed by atoms with van der Waals surface area (Å²) in [6, 6.07) is 16.9. The van der Waals surface area contributed by atoms with Gasteiger partial charge < -0.3 is 10.8 Å². The fraction of sp³-hybridized carbons (Fsp3) is 0.100. The quantitative estimate of drug-likeness (QED) is 0.302. The zero-order valence-electron chi connectivity index (χ0n) is 15.3. The van der Waals surface area contributed by atoms with E-state index < -0.39 is 16.1 Å². The van der Waals surface area contributed by atoms with Crippen LogP contribution in [0.25, 0.3) is 21.9 Å². The van der Waals surface area contributed by atoms with Gasteiger partial charge in [-0.05, 0) is 52.6 Å². The number of carbonyl (C=O) groups is 1. The van der Waals surface area contributed by atoms with Gasteiger partial charge in [0, 0.05) is 5.56 Å². The van der Waals surface area contributed by atoms with Crippen LogP contribution in [0.2, 0.25) is 0 Å². The number of carboxylic acids is 1. The van der Waals surface area contributed by atoms with Gasteiger partial charge >= 0.3 is 5.97 Å². The molecule has 0 aromatic heterocycles. The number of hydrogen-bond donors (Lipinski definition) is 4. The topological polar surface area (TPSA) is 142 Å². The molecule has 0 radical (unpaired) electrons. The van der Waals surface area contributed by atoms with Gasteiger partial charge in [0.25, 0.3) is 10.1 Å². The van der Waals surface area contributed by atoms with Gasteiger partial charge in [-0.2, -0.15) is 8.42 Å². The average Bonchev–Trinajstić information content (AvgIpc) is 2.59. The van der Waals surface area contributed by atoms with E-state index in [0.29, 0.717) is 17.4 Å². The summed E-state index contributed by atoms with van der Waals surface area (Å²) >= 11 is 0. The van der Waals surface area contributed by atoms with Crippen LogP contribution in [0.1, 0.15) is 21.5 Å². The summed E-state index contributed by atoms with van der Waals surface area (Å²) in [5.41, 5.74) is 9.14. The van der Waals surface area contributed by atoms with E-state index >= 15 is 0 Å². The Bertz CT molecular complexity index is 1160. The molecule has 8 heteroatoms. The number of rotatable bonds is 3. The lowest BCUT2D eigenvalue weighted by atomic mass is 9.94. The van der Waals surface area contributed by atoms with E-state index in [2.05, 4.69) is 0 Å². The number of benzene rings is 3. The molecular weight excluding hydrogens is 380 g/mol. The van der Waals surface area contributed by atoms with Crippen molar-refractivity contribution in [1.29, 1.82) is 5.41 Å². The monoisotopic (exact) mass is 400 g/mol. The highest BCUT2D eigenvalue weighted by atomic mass is 32.2. The molecule has 7 nitrogen and oxygen atoms in total. The Labute approximate surface area is 162 Å². The standard InChI is InChI=1S/C19H16N2O2.CH4O3S/c1-11-16(3-2-4-17(11)19(22)23)14-7-5-13-10-15(18(20)21)8-6-12(13)9-14;1-5(2,3)4/h2-10H,1H3,(H3,20,21)(H,22,23);1H3,(H,2,3,4). The first-order valence-corrected chi connectivity index (χ1v) is 9.96. The predicted octanol–water partition coefficient (Wildman–Crippen LogP) is 3.30. The highest BCUT2D eigenvalue weighted by molar-refractivity contribution is 7.85. The molecule has 0 saturated carbocycles. The van der Waals surface area contributed by atoms with E-state index in [9.17, 15) is 18.3 Å². The van der Waals surface area contributed by atoms with Gasteiger partial charge in [-0.15, -0.1) is 0 Å². The zero-order valence-corrected chi connectivity index (χ0v) is 16.1. The van der Waals surface area contributed by atoms with Crippen LogP contribution in [0.15, 0.2) is 54.6 Å². The number of aromatic carboxylic acids is 1. The lowest BCUT2D eigenvalue weighted by molar-refractivity contribution is 0.0696. The summed E-state index contributed by atoms with van der Waals surface area (Å²) in [7, 11) is -3.67. The van der Waals surface area contributed by atoms with Crippen molar-refractivity contribution >= 4 is 32.7 Å². The molecule has 0 amide bonds. The van der Waals surface area contributed by atoms with Crippen LogP contribution in [0.3, 0.4) is 0 Å². The lowest BCUT2D eigenvalue weighted by Gasteiger charge is -2.10. The van der Waals surface area contributed by atoms with Crippen molar-refractivity contribution in [3.8, 4) is 11.1 Å². The molecule has 3 aromatic rings. The number of amidine groups is 1. The normalized spacial score (nSPS) is 10.8. The SMILES string of the molecule is CS(=O)(=O)O.Cc1c(C(=O)O)cccc1-c1ccc2cc(C(=N)N)ccc2c1. The molecule has 3 aromatic carbocycles. The number of carboxylic acid groups (broad SMARTS) is 1. The van der Waals surface area contributed by atoms with Crippen LogP contribution in [0.5, 0.6) is 0 Å². The fourth-order valence-electron chi connectivity index (χ4n) is 2.76. The van der Waals surface area contributed by atoms with Crippen LogP contribution in [0, 0.1) is 12.3 Å². The van der Waals surface area contributed by atoms with E-state index in [-0.39, 0.29) is 5.84 Å². The van der Waals surface area contributed by atoms with Crippen molar-refractivity contribution in [2.75, 3.05) is 6.26 Å². The van der Waals surface area contributed by atoms with Crippen molar-refractivity contribution in [1.82, 2.24) is 0 Å². The summed E-state index contributed by atoms with van der Waals surface area (Å²) in [5.74, 6) is -0.878. The second-order valence-corrected chi connectivity index (χ2v) is 7.67. The van der Waals surface area contributed by atoms with Gasteiger partial charge in [0.15, 0.2) is 0 Å². The summed E-state index contributed by atoms with van der Waals surface area (Å²) < 4.78 is 25.9. The van der Waals surface area contributed by atoms with Crippen LogP contribution >= 0.6 is 0 Å². The Morgan fingerprint density at radius 2 is 1.61 bits per heavy atom. The van der Waals surface area contributed by atoms with Gasteiger partial charge in [-0.25, -0.2) is 4.79 Å². The third-order valence-corrected chi connectivity index (χ3v) is 4.03. The van der Waals surface area contributed by atoms with Crippen LogP contribution < -0.4 is 5.73 Å². The molecule has 5 N–H and O–H groups in total. The van der Waals surface area contributed by atoms with Crippen LogP contribution in [0.4, 0.5) is 0 Å². The van der Waals surface area contributed by atoms with E-state index in [1.54, 1.807) is 12.1 Å². The van der Waals surface area contributed by atoms with E-state index in [4.69, 9.17) is 15.7 Å². The Morgan fingerprint density at radius 3 is 2.18 bits per heavy atom. The minimum atomic E-state index is -3.67. The summed E-state index contributed by atoms with van der Waals surface area (Å²) in [6.45, 7) is 1.82. The zero-order chi connectivity index (χ0) is 21.1. The minimum absolute atomic E-state index is 0.0426. The Morgan fingerprint density at radius 1 is 1.04 bits per heavy atom. The van der Waals surface area contributed by atoms with Crippen molar-refractivity contribution in [3.63, 3.8) is 0 Å². The molecule has 0 fully saturated rings. The molecule has 0 heterocycles. The maximum absolute atomic E-state index is 11.3. The molecule has 0 bridgehead atoms. The van der Waals surface area contributed by atoms with Crippen molar-refractivity contribution in [2.24, 2.45) is 5.73 Å². The maximum atomic E-state index is 11.3. The van der Waals surface area contributed by atoms with Crippen molar-refractivity contribution < 1.29 is 22.9 Å². The molecule has 28 heavy (non-hydrogen) atoms. The van der Waals surface area contributed by atoms with Gasteiger partial charge in [-0.1, -0.05) is 36.4 Å². The number of hydrogen-bond acceptors (Lipinski definition) is 4. The summed E-state index contributed by atoms with van der Waals surface area (Å²) in [6.07, 6.45) is 0.715. The van der Waals surface area contributed by atoms with Crippen molar-refractivity contribution in [2.45, 2.75) is 6.92 Å². The van der Waals surface area contributed by atoms with Crippen LogP contribution in [-0.2, 0) is 10.1 Å². The second-order valence-electron chi connectivity index (χ2n) is 6.21. The Balaban J connectivity index is 0.000000500. The molecule has 0 unspecified atom stereocenters. The van der Waals surface area contributed by atoms with Crippen molar-refractivity contribution in [3.05, 3.63) is 71.3 Å². The van der Waals surface area contributed by atoms with E-state index in [1.165, 1.54) is 0 Å². The van der Waals surface area contributed by atoms with Gasteiger partial charge in [0.1, 0.15) is 5.84 Å².